The molecule has 0 saturated carbocycles. The molecule has 1 heterocycles. The molecule has 0 spiro atoms. The summed E-state index contributed by atoms with van der Waals surface area (Å²) >= 11 is 5.85. The number of alkyl halides is 6. The largest absolute Gasteiger partial charge is 0.403 e. The van der Waals surface area contributed by atoms with Crippen molar-refractivity contribution in [2.45, 2.75) is 18.5 Å². The number of aliphatic hydroxyl groups excluding tert-OH is 1. The predicted molar refractivity (Wildman–Crippen MR) is 49.9 cm³/mol. The van der Waals surface area contributed by atoms with Crippen LogP contribution in [0, 0.1) is 5.92 Å². The predicted octanol–water partition coefficient (Wildman–Crippen LogP) is 4.18. The monoisotopic (exact) mass is 298 g/mol. The fourth-order valence-electron chi connectivity index (χ4n) is 1.20. The summed E-state index contributed by atoms with van der Waals surface area (Å²) in [6.07, 6.45) is -13.9. The smallest absolute Gasteiger partial charge is 0.387 e. The van der Waals surface area contributed by atoms with E-state index in [1.165, 1.54) is 0 Å². The quantitative estimate of drug-likeness (QED) is 0.812. The summed E-state index contributed by atoms with van der Waals surface area (Å²) in [5.74, 6) is -3.82. The molecular formula is C8H5ClF6OS. The number of thiophene rings is 1. The molecule has 0 amide bonds. The van der Waals surface area contributed by atoms with Crippen molar-refractivity contribution in [3.63, 3.8) is 0 Å². The molecule has 98 valence electrons. The van der Waals surface area contributed by atoms with Crippen molar-refractivity contribution < 1.29 is 31.4 Å². The van der Waals surface area contributed by atoms with Gasteiger partial charge in [0.1, 0.15) is 6.10 Å². The Morgan fingerprint density at radius 1 is 1.06 bits per heavy atom. The zero-order valence-corrected chi connectivity index (χ0v) is 9.38. The minimum absolute atomic E-state index is 0.00199. The molecule has 9 heteroatoms. The summed E-state index contributed by atoms with van der Waals surface area (Å²) in [4.78, 5) is -0.477. The third kappa shape index (κ3) is 3.49. The molecular weight excluding hydrogens is 294 g/mol. The van der Waals surface area contributed by atoms with Crippen molar-refractivity contribution in [3.05, 3.63) is 21.3 Å². The highest BCUT2D eigenvalue weighted by molar-refractivity contribution is 7.16. The summed E-state index contributed by atoms with van der Waals surface area (Å²) in [5.41, 5.74) is 0. The Morgan fingerprint density at radius 3 is 1.82 bits per heavy atom. The first-order chi connectivity index (χ1) is 7.53. The van der Waals surface area contributed by atoms with Gasteiger partial charge in [0.05, 0.1) is 4.34 Å². The van der Waals surface area contributed by atoms with Gasteiger partial charge in [-0.05, 0) is 12.1 Å². The van der Waals surface area contributed by atoms with Crippen LogP contribution in [0.3, 0.4) is 0 Å². The summed E-state index contributed by atoms with van der Waals surface area (Å²) < 4.78 is 73.5. The first-order valence-corrected chi connectivity index (χ1v) is 5.29. The van der Waals surface area contributed by atoms with E-state index >= 15 is 0 Å². The lowest BCUT2D eigenvalue weighted by Gasteiger charge is -2.26. The molecule has 1 aromatic rings. The lowest BCUT2D eigenvalue weighted by Crippen LogP contribution is -2.40. The van der Waals surface area contributed by atoms with E-state index < -0.39 is 29.3 Å². The number of hydrogen-bond acceptors (Lipinski definition) is 2. The molecule has 1 rings (SSSR count). The average molecular weight is 299 g/mol. The van der Waals surface area contributed by atoms with Gasteiger partial charge in [0.2, 0.25) is 0 Å². The summed E-state index contributed by atoms with van der Waals surface area (Å²) in [7, 11) is 0. The van der Waals surface area contributed by atoms with Crippen molar-refractivity contribution in [1.82, 2.24) is 0 Å². The lowest BCUT2D eigenvalue weighted by molar-refractivity contribution is -0.307. The van der Waals surface area contributed by atoms with E-state index in [1.54, 1.807) is 0 Å². The molecule has 1 nitrogen and oxygen atoms in total. The van der Waals surface area contributed by atoms with Crippen LogP contribution in [0.1, 0.15) is 11.0 Å². The van der Waals surface area contributed by atoms with Crippen molar-refractivity contribution in [3.8, 4) is 0 Å². The van der Waals surface area contributed by atoms with Crippen LogP contribution in [-0.4, -0.2) is 17.5 Å². The van der Waals surface area contributed by atoms with Crippen LogP contribution >= 0.6 is 22.9 Å². The normalized spacial score (nSPS) is 15.4. The highest BCUT2D eigenvalue weighted by Crippen LogP contribution is 2.47. The van der Waals surface area contributed by atoms with Crippen LogP contribution in [0.4, 0.5) is 26.3 Å². The van der Waals surface area contributed by atoms with Gasteiger partial charge in [-0.15, -0.1) is 11.3 Å². The molecule has 0 aliphatic rings. The summed E-state index contributed by atoms with van der Waals surface area (Å²) in [6, 6.07) is 2.05. The van der Waals surface area contributed by atoms with Crippen LogP contribution in [0.2, 0.25) is 4.34 Å². The molecule has 17 heavy (non-hydrogen) atoms. The Hall–Kier alpha value is -0.470. The third-order valence-electron chi connectivity index (χ3n) is 1.91. The van der Waals surface area contributed by atoms with E-state index in [9.17, 15) is 31.4 Å². The summed E-state index contributed by atoms with van der Waals surface area (Å²) in [6.45, 7) is 0. The van der Waals surface area contributed by atoms with Crippen molar-refractivity contribution in [2.24, 2.45) is 5.92 Å². The zero-order valence-electron chi connectivity index (χ0n) is 7.81. The maximum atomic E-state index is 12.3. The van der Waals surface area contributed by atoms with Crippen molar-refractivity contribution in [2.75, 3.05) is 0 Å². The Kier molecular flexibility index (Phi) is 4.00. The minimum atomic E-state index is -5.58. The van der Waals surface area contributed by atoms with Gasteiger partial charge in [-0.2, -0.15) is 26.3 Å². The Labute approximate surface area is 101 Å². The van der Waals surface area contributed by atoms with Gasteiger partial charge in [-0.3, -0.25) is 0 Å². The molecule has 1 atom stereocenters. The van der Waals surface area contributed by atoms with Gasteiger partial charge in [-0.1, -0.05) is 11.6 Å². The molecule has 0 aliphatic heterocycles. The average Bonchev–Trinajstić information content (AvgIpc) is 2.45. The minimum Gasteiger partial charge on any atom is -0.387 e. The van der Waals surface area contributed by atoms with E-state index in [0.29, 0.717) is 11.3 Å². The van der Waals surface area contributed by atoms with Gasteiger partial charge >= 0.3 is 12.4 Å². The molecule has 0 aliphatic carbocycles. The first-order valence-electron chi connectivity index (χ1n) is 4.10. The van der Waals surface area contributed by atoms with Gasteiger partial charge in [-0.25, -0.2) is 0 Å². The molecule has 0 aromatic carbocycles. The standard InChI is InChI=1S/C8H5ClF6OS/c9-4-2-1-3(17-4)5(16)6(7(10,11)12)8(13,14)15/h1-2,5-6,16H. The van der Waals surface area contributed by atoms with Gasteiger partial charge < -0.3 is 5.11 Å². The summed E-state index contributed by atoms with van der Waals surface area (Å²) in [5, 5.41) is 9.18. The van der Waals surface area contributed by atoms with E-state index in [0.717, 1.165) is 12.1 Å². The van der Waals surface area contributed by atoms with Crippen LogP contribution in [-0.2, 0) is 0 Å². The van der Waals surface area contributed by atoms with Gasteiger partial charge in [0.25, 0.3) is 0 Å². The maximum absolute atomic E-state index is 12.3. The Bertz CT molecular complexity index is 370. The van der Waals surface area contributed by atoms with Crippen LogP contribution in [0.15, 0.2) is 12.1 Å². The molecule has 1 N–H and O–H groups in total. The van der Waals surface area contributed by atoms with E-state index in [2.05, 4.69) is 0 Å². The van der Waals surface area contributed by atoms with E-state index in [4.69, 9.17) is 11.6 Å². The number of rotatable bonds is 2. The van der Waals surface area contributed by atoms with E-state index in [1.807, 2.05) is 0 Å². The maximum Gasteiger partial charge on any atom is 0.403 e. The van der Waals surface area contributed by atoms with Crippen molar-refractivity contribution in [1.29, 1.82) is 0 Å². The zero-order chi connectivity index (χ0) is 13.4. The van der Waals surface area contributed by atoms with E-state index in [-0.39, 0.29) is 4.34 Å². The molecule has 1 aromatic heterocycles. The Balaban J connectivity index is 3.08. The van der Waals surface area contributed by atoms with Gasteiger partial charge in [0.15, 0.2) is 5.92 Å². The third-order valence-corrected chi connectivity index (χ3v) is 3.21. The molecule has 1 unspecified atom stereocenters. The second kappa shape index (κ2) is 4.66. The first kappa shape index (κ1) is 14.6. The topological polar surface area (TPSA) is 20.2 Å². The van der Waals surface area contributed by atoms with Crippen LogP contribution in [0.5, 0.6) is 0 Å². The number of aliphatic hydroxyl groups is 1. The SMILES string of the molecule is OC(c1ccc(Cl)s1)C(C(F)(F)F)C(F)(F)F. The van der Waals surface area contributed by atoms with Crippen LogP contribution < -0.4 is 0 Å². The van der Waals surface area contributed by atoms with Crippen molar-refractivity contribution >= 4 is 22.9 Å². The number of hydrogen-bond donors (Lipinski definition) is 1. The molecule has 0 saturated heterocycles. The van der Waals surface area contributed by atoms with Gasteiger partial charge in [0, 0.05) is 4.88 Å². The second-order valence-corrected chi connectivity index (χ2v) is 4.89. The highest BCUT2D eigenvalue weighted by atomic mass is 35.5. The fraction of sp³-hybridized carbons (Fsp3) is 0.500. The molecule has 0 bridgehead atoms. The lowest BCUT2D eigenvalue weighted by atomic mass is 10.00. The number of halogens is 7. The van der Waals surface area contributed by atoms with Crippen LogP contribution in [0.25, 0.3) is 0 Å². The molecule has 0 radical (unpaired) electrons. The highest BCUT2D eigenvalue weighted by Gasteiger charge is 2.60. The Morgan fingerprint density at radius 2 is 1.53 bits per heavy atom. The fourth-order valence-corrected chi connectivity index (χ4v) is 2.28. The second-order valence-electron chi connectivity index (χ2n) is 3.15. The molecule has 0 fully saturated rings.